The topological polar surface area (TPSA) is 56.2 Å². The number of furan rings is 1. The van der Waals surface area contributed by atoms with Gasteiger partial charge < -0.3 is 10.2 Å². The van der Waals surface area contributed by atoms with Crippen molar-refractivity contribution in [2.24, 2.45) is 5.73 Å². The molecule has 0 saturated carbocycles. The number of carbonyl (C=O) groups excluding carboxylic acids is 1. The van der Waals surface area contributed by atoms with Crippen LogP contribution in [0.5, 0.6) is 0 Å². The normalized spacial score (nSPS) is 13.1. The second-order valence-corrected chi connectivity index (χ2v) is 6.63. The maximum absolute atomic E-state index is 10.2. The first-order valence-corrected chi connectivity index (χ1v) is 8.99. The van der Waals surface area contributed by atoms with Crippen LogP contribution in [0.2, 0.25) is 0 Å². The Hall–Kier alpha value is -3.07. The molecule has 0 bridgehead atoms. The molecule has 0 atom stereocenters. The summed E-state index contributed by atoms with van der Waals surface area (Å²) >= 11 is 0. The third-order valence-electron chi connectivity index (χ3n) is 5.02. The Kier molecular flexibility index (Phi) is 4.44. The molecule has 3 aromatic carbocycles. The number of benzene rings is 3. The molecule has 0 radical (unpaired) electrons. The van der Waals surface area contributed by atoms with Crippen molar-refractivity contribution >= 4 is 27.5 Å². The van der Waals surface area contributed by atoms with Crippen LogP contribution in [0.4, 0.5) is 0 Å². The van der Waals surface area contributed by atoms with Crippen molar-refractivity contribution < 1.29 is 9.21 Å². The molecule has 130 valence electrons. The van der Waals surface area contributed by atoms with Gasteiger partial charge in [0.25, 0.3) is 5.91 Å². The van der Waals surface area contributed by atoms with Crippen LogP contribution in [0.25, 0.3) is 21.5 Å². The van der Waals surface area contributed by atoms with Gasteiger partial charge in [-0.2, -0.15) is 0 Å². The lowest BCUT2D eigenvalue weighted by molar-refractivity contribution is 0.0974. The molecule has 0 unspecified atom stereocenters. The predicted octanol–water partition coefficient (Wildman–Crippen LogP) is 5.25. The molecular weight excluding hydrogens is 322 g/mol. The van der Waals surface area contributed by atoms with E-state index in [0.717, 1.165) is 0 Å². The van der Waals surface area contributed by atoms with Crippen LogP contribution in [0.1, 0.15) is 34.5 Å². The number of fused-ring (bicyclic) bond motifs is 5. The first-order valence-electron chi connectivity index (χ1n) is 8.99. The second kappa shape index (κ2) is 7.04. The quantitative estimate of drug-likeness (QED) is 0.480. The molecule has 2 N–H and O–H groups in total. The van der Waals surface area contributed by atoms with Gasteiger partial charge in [0.05, 0.1) is 6.26 Å². The maximum Gasteiger partial charge on any atom is 0.284 e. The van der Waals surface area contributed by atoms with Crippen LogP contribution in [-0.4, -0.2) is 5.91 Å². The lowest BCUT2D eigenvalue weighted by Gasteiger charge is -2.18. The molecule has 1 heterocycles. The molecule has 0 spiro atoms. The van der Waals surface area contributed by atoms with E-state index >= 15 is 0 Å². The highest BCUT2D eigenvalue weighted by Gasteiger charge is 2.13. The van der Waals surface area contributed by atoms with Crippen molar-refractivity contribution in [1.29, 1.82) is 0 Å². The van der Waals surface area contributed by atoms with Crippen LogP contribution < -0.4 is 5.73 Å². The molecule has 3 nitrogen and oxygen atoms in total. The number of carbonyl (C=O) groups is 1. The zero-order chi connectivity index (χ0) is 17.9. The zero-order valence-electron chi connectivity index (χ0n) is 14.6. The number of aryl methyl sites for hydroxylation is 2. The minimum absolute atomic E-state index is 0.199. The maximum atomic E-state index is 10.2. The molecule has 5 rings (SSSR count). The van der Waals surface area contributed by atoms with Crippen LogP contribution >= 0.6 is 0 Å². The number of hydrogen-bond acceptors (Lipinski definition) is 2. The fraction of sp³-hybridized carbons (Fsp3) is 0.174. The van der Waals surface area contributed by atoms with Gasteiger partial charge in [-0.05, 0) is 70.5 Å². The lowest BCUT2D eigenvalue weighted by atomic mass is 9.86. The van der Waals surface area contributed by atoms with E-state index in [1.165, 1.54) is 59.6 Å². The highest BCUT2D eigenvalue weighted by molar-refractivity contribution is 6.08. The summed E-state index contributed by atoms with van der Waals surface area (Å²) in [5.41, 5.74) is 8.00. The Morgan fingerprint density at radius 1 is 0.808 bits per heavy atom. The molecule has 26 heavy (non-hydrogen) atoms. The van der Waals surface area contributed by atoms with Gasteiger partial charge >= 0.3 is 0 Å². The summed E-state index contributed by atoms with van der Waals surface area (Å²) in [4.78, 5) is 10.2. The molecule has 1 amide bonds. The van der Waals surface area contributed by atoms with E-state index in [9.17, 15) is 4.79 Å². The number of hydrogen-bond donors (Lipinski definition) is 1. The zero-order valence-corrected chi connectivity index (χ0v) is 14.6. The van der Waals surface area contributed by atoms with E-state index in [2.05, 4.69) is 52.9 Å². The van der Waals surface area contributed by atoms with Gasteiger partial charge in [0.15, 0.2) is 5.76 Å². The lowest BCUT2D eigenvalue weighted by Crippen LogP contribution is -2.08. The van der Waals surface area contributed by atoms with Gasteiger partial charge in [-0.3, -0.25) is 4.79 Å². The molecule has 0 saturated heterocycles. The van der Waals surface area contributed by atoms with Gasteiger partial charge in [-0.25, -0.2) is 0 Å². The predicted molar refractivity (Wildman–Crippen MR) is 105 cm³/mol. The van der Waals surface area contributed by atoms with Gasteiger partial charge in [-0.1, -0.05) is 48.5 Å². The fourth-order valence-electron chi connectivity index (χ4n) is 3.76. The third-order valence-corrected chi connectivity index (χ3v) is 5.02. The molecular formula is C23H21NO2. The van der Waals surface area contributed by atoms with Crippen LogP contribution in [0, 0.1) is 0 Å². The number of primary amides is 1. The van der Waals surface area contributed by atoms with E-state index in [-0.39, 0.29) is 5.76 Å². The second-order valence-electron chi connectivity index (χ2n) is 6.63. The van der Waals surface area contributed by atoms with E-state index in [4.69, 9.17) is 5.73 Å². The van der Waals surface area contributed by atoms with Crippen molar-refractivity contribution in [3.63, 3.8) is 0 Å². The first-order chi connectivity index (χ1) is 12.7. The van der Waals surface area contributed by atoms with Crippen molar-refractivity contribution in [1.82, 2.24) is 0 Å². The summed E-state index contributed by atoms with van der Waals surface area (Å²) in [5, 5.41) is 5.64. The Labute approximate surface area is 152 Å². The van der Waals surface area contributed by atoms with Crippen molar-refractivity contribution in [3.05, 3.63) is 83.8 Å². The molecule has 0 fully saturated rings. The van der Waals surface area contributed by atoms with E-state index in [1.807, 2.05) is 0 Å². The molecule has 1 aromatic heterocycles. The summed E-state index contributed by atoms with van der Waals surface area (Å²) in [6, 6.07) is 21.1. The highest BCUT2D eigenvalue weighted by Crippen LogP contribution is 2.33. The van der Waals surface area contributed by atoms with Crippen LogP contribution in [0.15, 0.2) is 71.3 Å². The smallest absolute Gasteiger partial charge is 0.284 e. The van der Waals surface area contributed by atoms with Crippen molar-refractivity contribution in [3.8, 4) is 0 Å². The van der Waals surface area contributed by atoms with Gasteiger partial charge in [0, 0.05) is 0 Å². The minimum atomic E-state index is -0.532. The van der Waals surface area contributed by atoms with Gasteiger partial charge in [0.1, 0.15) is 0 Å². The molecule has 0 aliphatic heterocycles. The molecule has 3 heteroatoms. The van der Waals surface area contributed by atoms with E-state index in [0.29, 0.717) is 0 Å². The van der Waals surface area contributed by atoms with Crippen LogP contribution in [-0.2, 0) is 12.8 Å². The molecule has 4 aromatic rings. The number of rotatable bonds is 1. The summed E-state index contributed by atoms with van der Waals surface area (Å²) in [5.74, 6) is -0.333. The Morgan fingerprint density at radius 2 is 1.62 bits per heavy atom. The van der Waals surface area contributed by atoms with Gasteiger partial charge in [-0.15, -0.1) is 0 Å². The van der Waals surface area contributed by atoms with E-state index in [1.54, 1.807) is 17.2 Å². The standard InChI is InChI=1S/C18H16.C5H5NO2/c1-3-7-15-13(5-1)9-11-18-16-8-4-2-6-14(16)10-12-17(15)18;6-5(7)4-2-1-3-8-4/h1,3,5,7,9-12H,2,4,6,8H2;1-3H,(H2,6,7). The molecule has 1 aliphatic rings. The summed E-state index contributed by atoms with van der Waals surface area (Å²) in [6.45, 7) is 0. The summed E-state index contributed by atoms with van der Waals surface area (Å²) < 4.78 is 4.62. The molecule has 1 aliphatic carbocycles. The summed E-state index contributed by atoms with van der Waals surface area (Å²) in [7, 11) is 0. The number of nitrogens with two attached hydrogens (primary N) is 1. The average molecular weight is 343 g/mol. The third kappa shape index (κ3) is 3.08. The SMILES string of the molecule is NC(=O)c1ccco1.c1ccc2c(c1)ccc1c3c(ccc12)CCCC3. The van der Waals surface area contributed by atoms with Crippen LogP contribution in [0.3, 0.4) is 0 Å². The van der Waals surface area contributed by atoms with Crippen molar-refractivity contribution in [2.75, 3.05) is 0 Å². The highest BCUT2D eigenvalue weighted by atomic mass is 16.3. The van der Waals surface area contributed by atoms with Crippen molar-refractivity contribution in [2.45, 2.75) is 25.7 Å². The van der Waals surface area contributed by atoms with E-state index < -0.39 is 5.91 Å². The largest absolute Gasteiger partial charge is 0.459 e. The Morgan fingerprint density at radius 3 is 2.38 bits per heavy atom. The van der Waals surface area contributed by atoms with Gasteiger partial charge in [0.2, 0.25) is 0 Å². The first kappa shape index (κ1) is 16.4. The monoisotopic (exact) mass is 343 g/mol. The fourth-order valence-corrected chi connectivity index (χ4v) is 3.76. The average Bonchev–Trinajstić information content (AvgIpc) is 3.23. The Balaban J connectivity index is 0.000000178. The Bertz CT molecular complexity index is 1060. The summed E-state index contributed by atoms with van der Waals surface area (Å²) in [6.07, 6.45) is 6.62. The number of amides is 1. The minimum Gasteiger partial charge on any atom is -0.459 e.